The second-order valence-electron chi connectivity index (χ2n) is 5.55. The van der Waals surface area contributed by atoms with Crippen LogP contribution < -0.4 is 10.1 Å². The Morgan fingerprint density at radius 3 is 2.84 bits per heavy atom. The van der Waals surface area contributed by atoms with Crippen LogP contribution in [-0.4, -0.2) is 12.5 Å². The molecule has 0 saturated heterocycles. The monoisotopic (exact) mass is 421 g/mol. The number of carbonyl (C=O) groups excluding carboxylic acids is 1. The Balaban J connectivity index is 1.39. The molecule has 3 rings (SSSR count). The van der Waals surface area contributed by atoms with Crippen LogP contribution in [0.2, 0.25) is 5.02 Å². The number of rotatable bonds is 7. The molecule has 0 saturated carbocycles. The van der Waals surface area contributed by atoms with E-state index in [1.54, 1.807) is 12.1 Å². The Bertz CT molecular complexity index is 845. The third kappa shape index (κ3) is 5.00. The molecule has 0 spiro atoms. The van der Waals surface area contributed by atoms with Gasteiger partial charge in [-0.15, -0.1) is 0 Å². The van der Waals surface area contributed by atoms with Gasteiger partial charge >= 0.3 is 0 Å². The van der Waals surface area contributed by atoms with Gasteiger partial charge in [-0.2, -0.15) is 0 Å². The first kappa shape index (κ1) is 17.8. The number of amides is 1. The number of furan rings is 1. The summed E-state index contributed by atoms with van der Waals surface area (Å²) in [5.74, 6) is 1.32. The summed E-state index contributed by atoms with van der Waals surface area (Å²) in [6.45, 7) is 0.812. The van der Waals surface area contributed by atoms with Crippen molar-refractivity contribution >= 4 is 44.4 Å². The molecule has 0 aliphatic carbocycles. The Morgan fingerprint density at radius 2 is 2.04 bits per heavy atom. The molecule has 2 aromatic carbocycles. The van der Waals surface area contributed by atoms with Crippen LogP contribution in [0.5, 0.6) is 5.75 Å². The maximum absolute atomic E-state index is 11.9. The number of para-hydroxylation sites is 1. The number of ether oxygens (including phenoxy) is 1. The summed E-state index contributed by atoms with van der Waals surface area (Å²) in [6.07, 6.45) is 0.993. The lowest BCUT2D eigenvalue weighted by Crippen LogP contribution is -2.22. The molecule has 0 aliphatic heterocycles. The highest BCUT2D eigenvalue weighted by Crippen LogP contribution is 2.27. The molecule has 0 atom stereocenters. The van der Waals surface area contributed by atoms with Gasteiger partial charge in [-0.25, -0.2) is 0 Å². The first-order chi connectivity index (χ1) is 12.1. The number of fused-ring (bicyclic) bond motifs is 1. The smallest absolute Gasteiger partial charge is 0.220 e. The van der Waals surface area contributed by atoms with Crippen LogP contribution in [0.15, 0.2) is 57.4 Å². The zero-order valence-electron chi connectivity index (χ0n) is 13.4. The highest BCUT2D eigenvalue weighted by molar-refractivity contribution is 9.10. The second kappa shape index (κ2) is 8.41. The highest BCUT2D eigenvalue weighted by Gasteiger charge is 2.07. The van der Waals surface area contributed by atoms with E-state index in [-0.39, 0.29) is 5.91 Å². The lowest BCUT2D eigenvalue weighted by molar-refractivity contribution is -0.121. The van der Waals surface area contributed by atoms with Crippen LogP contribution >= 0.6 is 27.5 Å². The van der Waals surface area contributed by atoms with E-state index in [1.165, 1.54) is 0 Å². The van der Waals surface area contributed by atoms with Gasteiger partial charge < -0.3 is 14.5 Å². The van der Waals surface area contributed by atoms with Crippen molar-refractivity contribution in [3.05, 3.63) is 63.8 Å². The van der Waals surface area contributed by atoms with Crippen molar-refractivity contribution < 1.29 is 13.9 Å². The van der Waals surface area contributed by atoms with Crippen LogP contribution in [0.1, 0.15) is 18.6 Å². The topological polar surface area (TPSA) is 51.5 Å². The van der Waals surface area contributed by atoms with E-state index in [1.807, 2.05) is 36.4 Å². The van der Waals surface area contributed by atoms with Gasteiger partial charge in [0, 0.05) is 16.3 Å². The van der Waals surface area contributed by atoms with E-state index < -0.39 is 0 Å². The Labute approximate surface area is 159 Å². The molecule has 3 aromatic rings. The van der Waals surface area contributed by atoms with E-state index in [0.29, 0.717) is 36.8 Å². The minimum atomic E-state index is -0.0361. The van der Waals surface area contributed by atoms with Crippen LogP contribution in [0.25, 0.3) is 11.0 Å². The fraction of sp³-hybridized carbons (Fsp3) is 0.211. The van der Waals surface area contributed by atoms with Crippen molar-refractivity contribution in [2.75, 3.05) is 6.61 Å². The third-order valence-electron chi connectivity index (χ3n) is 3.64. The van der Waals surface area contributed by atoms with Gasteiger partial charge in [-0.1, -0.05) is 45.7 Å². The van der Waals surface area contributed by atoms with Crippen molar-refractivity contribution in [3.8, 4) is 5.75 Å². The van der Waals surface area contributed by atoms with Gasteiger partial charge in [0.15, 0.2) is 0 Å². The van der Waals surface area contributed by atoms with Gasteiger partial charge in [-0.05, 0) is 36.8 Å². The second-order valence-corrected chi connectivity index (χ2v) is 6.88. The molecular weight excluding hydrogens is 406 g/mol. The summed E-state index contributed by atoms with van der Waals surface area (Å²) in [4.78, 5) is 11.9. The number of carbonyl (C=O) groups is 1. The van der Waals surface area contributed by atoms with Gasteiger partial charge in [-0.3, -0.25) is 4.79 Å². The summed E-state index contributed by atoms with van der Waals surface area (Å²) < 4.78 is 12.2. The maximum atomic E-state index is 11.9. The number of hydrogen-bond acceptors (Lipinski definition) is 3. The normalized spacial score (nSPS) is 10.8. The predicted octanol–water partition coefficient (Wildman–Crippen LogP) is 5.32. The van der Waals surface area contributed by atoms with Gasteiger partial charge in [0.05, 0.1) is 18.2 Å². The maximum Gasteiger partial charge on any atom is 0.220 e. The summed E-state index contributed by atoms with van der Waals surface area (Å²) in [5.41, 5.74) is 0.825. The standard InChI is InChI=1S/C19H17BrClNO3/c20-14-7-8-18(16(21)11-14)24-9-3-6-19(23)22-12-15-10-13-4-1-2-5-17(13)25-15/h1-2,4-5,7-8,10-11H,3,6,9,12H2,(H,22,23). The van der Waals surface area contributed by atoms with E-state index in [0.717, 1.165) is 21.2 Å². The summed E-state index contributed by atoms with van der Waals surface area (Å²) in [5, 5.41) is 4.44. The molecule has 0 radical (unpaired) electrons. The number of halogens is 2. The van der Waals surface area contributed by atoms with Crippen LogP contribution in [0.3, 0.4) is 0 Å². The predicted molar refractivity (Wildman–Crippen MR) is 102 cm³/mol. The van der Waals surface area contributed by atoms with Crippen molar-refractivity contribution in [1.82, 2.24) is 5.32 Å². The van der Waals surface area contributed by atoms with Crippen molar-refractivity contribution in [3.63, 3.8) is 0 Å². The lowest BCUT2D eigenvalue weighted by Gasteiger charge is -2.08. The zero-order chi connectivity index (χ0) is 17.6. The summed E-state index contributed by atoms with van der Waals surface area (Å²) >= 11 is 9.42. The van der Waals surface area contributed by atoms with Crippen molar-refractivity contribution in [2.45, 2.75) is 19.4 Å². The SMILES string of the molecule is O=C(CCCOc1ccc(Br)cc1Cl)NCc1cc2ccccc2o1. The fourth-order valence-electron chi connectivity index (χ4n) is 2.41. The van der Waals surface area contributed by atoms with Crippen LogP contribution in [-0.2, 0) is 11.3 Å². The minimum Gasteiger partial charge on any atom is -0.492 e. The first-order valence-electron chi connectivity index (χ1n) is 7.94. The van der Waals surface area contributed by atoms with Crippen LogP contribution in [0.4, 0.5) is 0 Å². The zero-order valence-corrected chi connectivity index (χ0v) is 15.8. The molecular formula is C19H17BrClNO3. The first-order valence-corrected chi connectivity index (χ1v) is 9.11. The Hall–Kier alpha value is -1.98. The van der Waals surface area contributed by atoms with Crippen molar-refractivity contribution in [1.29, 1.82) is 0 Å². The molecule has 1 heterocycles. The lowest BCUT2D eigenvalue weighted by atomic mass is 10.2. The van der Waals surface area contributed by atoms with E-state index in [2.05, 4.69) is 21.2 Å². The van der Waals surface area contributed by atoms with E-state index in [4.69, 9.17) is 20.8 Å². The Kier molecular flexibility index (Phi) is 6.00. The van der Waals surface area contributed by atoms with E-state index >= 15 is 0 Å². The van der Waals surface area contributed by atoms with Gasteiger partial charge in [0.25, 0.3) is 0 Å². The molecule has 6 heteroatoms. The molecule has 130 valence electrons. The van der Waals surface area contributed by atoms with E-state index in [9.17, 15) is 4.79 Å². The molecule has 1 aromatic heterocycles. The molecule has 0 unspecified atom stereocenters. The molecule has 1 N–H and O–H groups in total. The molecule has 4 nitrogen and oxygen atoms in total. The quantitative estimate of drug-likeness (QED) is 0.524. The number of benzene rings is 2. The van der Waals surface area contributed by atoms with Crippen molar-refractivity contribution in [2.24, 2.45) is 0 Å². The average molecular weight is 423 g/mol. The molecule has 0 aliphatic rings. The number of hydrogen-bond donors (Lipinski definition) is 1. The summed E-state index contributed by atoms with van der Waals surface area (Å²) in [7, 11) is 0. The highest BCUT2D eigenvalue weighted by atomic mass is 79.9. The average Bonchev–Trinajstić information content (AvgIpc) is 3.01. The van der Waals surface area contributed by atoms with Crippen LogP contribution in [0, 0.1) is 0 Å². The largest absolute Gasteiger partial charge is 0.492 e. The summed E-state index contributed by atoms with van der Waals surface area (Å²) in [6, 6.07) is 15.1. The van der Waals surface area contributed by atoms with Gasteiger partial charge in [0.2, 0.25) is 5.91 Å². The van der Waals surface area contributed by atoms with Gasteiger partial charge in [0.1, 0.15) is 17.1 Å². The fourth-order valence-corrected chi connectivity index (χ4v) is 3.13. The molecule has 0 fully saturated rings. The number of nitrogens with one attached hydrogen (secondary N) is 1. The third-order valence-corrected chi connectivity index (χ3v) is 4.42. The molecule has 25 heavy (non-hydrogen) atoms. The molecule has 0 bridgehead atoms. The molecule has 1 amide bonds. The Morgan fingerprint density at radius 1 is 1.20 bits per heavy atom. The minimum absolute atomic E-state index is 0.0361.